The average molecular weight is 404 g/mol. The zero-order chi connectivity index (χ0) is 14.5. The van der Waals surface area contributed by atoms with Crippen LogP contribution in [-0.4, -0.2) is 16.1 Å². The predicted molar refractivity (Wildman–Crippen MR) is 92.1 cm³/mol. The van der Waals surface area contributed by atoms with Crippen LogP contribution in [0.2, 0.25) is 5.02 Å². The van der Waals surface area contributed by atoms with Crippen molar-refractivity contribution in [2.45, 2.75) is 25.8 Å². The average Bonchev–Trinajstić information content (AvgIpc) is 2.83. The fourth-order valence-corrected chi connectivity index (χ4v) is 3.06. The Morgan fingerprint density at radius 2 is 2.25 bits per heavy atom. The van der Waals surface area contributed by atoms with E-state index in [2.05, 4.69) is 56.5 Å². The van der Waals surface area contributed by atoms with E-state index in [0.717, 1.165) is 30.2 Å². The van der Waals surface area contributed by atoms with Crippen LogP contribution in [0.1, 0.15) is 30.8 Å². The van der Waals surface area contributed by atoms with Crippen molar-refractivity contribution in [2.75, 3.05) is 6.54 Å². The van der Waals surface area contributed by atoms with Gasteiger partial charge in [-0.05, 0) is 59.3 Å². The second-order valence-corrected chi connectivity index (χ2v) is 6.43. The van der Waals surface area contributed by atoms with Crippen LogP contribution >= 0.6 is 34.2 Å². The van der Waals surface area contributed by atoms with Crippen LogP contribution in [0.15, 0.2) is 30.6 Å². The summed E-state index contributed by atoms with van der Waals surface area (Å²) >= 11 is 8.52. The number of nitrogens with one attached hydrogen (secondary N) is 1. The van der Waals surface area contributed by atoms with Crippen molar-refractivity contribution in [1.82, 2.24) is 14.9 Å². The summed E-state index contributed by atoms with van der Waals surface area (Å²) in [5, 5.41) is 4.38. The number of imidazole rings is 1. The first-order chi connectivity index (χ1) is 9.61. The number of hydrogen-bond donors (Lipinski definition) is 1. The van der Waals surface area contributed by atoms with Crippen molar-refractivity contribution in [3.8, 4) is 0 Å². The van der Waals surface area contributed by atoms with E-state index in [9.17, 15) is 0 Å². The van der Waals surface area contributed by atoms with Gasteiger partial charge in [0.1, 0.15) is 5.82 Å². The zero-order valence-electron chi connectivity index (χ0n) is 11.7. The normalized spacial score (nSPS) is 12.6. The molecule has 5 heteroatoms. The summed E-state index contributed by atoms with van der Waals surface area (Å²) in [5.74, 6) is 1.08. The van der Waals surface area contributed by atoms with E-state index in [0.29, 0.717) is 0 Å². The third-order valence-electron chi connectivity index (χ3n) is 3.28. The molecule has 0 aliphatic carbocycles. The monoisotopic (exact) mass is 403 g/mol. The molecule has 0 radical (unpaired) electrons. The lowest BCUT2D eigenvalue weighted by molar-refractivity contribution is 0.510. The molecule has 0 saturated heterocycles. The van der Waals surface area contributed by atoms with E-state index in [4.69, 9.17) is 11.6 Å². The van der Waals surface area contributed by atoms with Crippen LogP contribution in [0.25, 0.3) is 0 Å². The Balaban J connectivity index is 2.27. The van der Waals surface area contributed by atoms with Gasteiger partial charge in [0.25, 0.3) is 0 Å². The topological polar surface area (TPSA) is 29.9 Å². The summed E-state index contributed by atoms with van der Waals surface area (Å²) in [6.07, 6.45) is 5.79. The largest absolute Gasteiger partial charge is 0.338 e. The van der Waals surface area contributed by atoms with E-state index in [1.54, 1.807) is 0 Å². The van der Waals surface area contributed by atoms with Gasteiger partial charge in [0.15, 0.2) is 0 Å². The molecule has 1 N–H and O–H groups in total. The van der Waals surface area contributed by atoms with Crippen molar-refractivity contribution in [3.63, 3.8) is 0 Å². The minimum Gasteiger partial charge on any atom is -0.338 e. The highest BCUT2D eigenvalue weighted by atomic mass is 127. The molecule has 0 saturated carbocycles. The highest BCUT2D eigenvalue weighted by Gasteiger charge is 2.17. The van der Waals surface area contributed by atoms with Gasteiger partial charge in [-0.15, -0.1) is 0 Å². The lowest BCUT2D eigenvalue weighted by atomic mass is 10.0. The third kappa shape index (κ3) is 3.96. The number of halogens is 2. The van der Waals surface area contributed by atoms with Crippen LogP contribution in [0, 0.1) is 3.57 Å². The fourth-order valence-electron chi connectivity index (χ4n) is 2.17. The molecule has 0 amide bonds. The molecular formula is C15H19ClIN3. The Morgan fingerprint density at radius 1 is 1.45 bits per heavy atom. The predicted octanol–water partition coefficient (Wildman–Crippen LogP) is 3.96. The quantitative estimate of drug-likeness (QED) is 0.740. The molecule has 1 atom stereocenters. The first-order valence-electron chi connectivity index (χ1n) is 6.76. The Kier molecular flexibility index (Phi) is 5.86. The van der Waals surface area contributed by atoms with Crippen molar-refractivity contribution < 1.29 is 0 Å². The number of hydrogen-bond acceptors (Lipinski definition) is 2. The third-order valence-corrected chi connectivity index (χ3v) is 4.50. The van der Waals surface area contributed by atoms with Crippen molar-refractivity contribution in [2.24, 2.45) is 7.05 Å². The van der Waals surface area contributed by atoms with Crippen molar-refractivity contribution in [3.05, 3.63) is 50.6 Å². The molecule has 1 unspecified atom stereocenters. The molecule has 0 spiro atoms. The van der Waals surface area contributed by atoms with Gasteiger partial charge in [-0.1, -0.05) is 18.5 Å². The number of nitrogens with zero attached hydrogens (tertiary/aromatic N) is 2. The van der Waals surface area contributed by atoms with Crippen LogP contribution in [0.3, 0.4) is 0 Å². The van der Waals surface area contributed by atoms with Gasteiger partial charge in [-0.25, -0.2) is 4.98 Å². The van der Waals surface area contributed by atoms with Gasteiger partial charge in [0.2, 0.25) is 0 Å². The van der Waals surface area contributed by atoms with Gasteiger partial charge in [-0.2, -0.15) is 0 Å². The molecule has 1 aromatic carbocycles. The van der Waals surface area contributed by atoms with Gasteiger partial charge in [0, 0.05) is 40.5 Å². The lowest BCUT2D eigenvalue weighted by Gasteiger charge is -2.20. The summed E-state index contributed by atoms with van der Waals surface area (Å²) in [6, 6.07) is 6.29. The molecule has 0 aliphatic rings. The van der Waals surface area contributed by atoms with Crippen LogP contribution < -0.4 is 5.32 Å². The minimum atomic E-state index is 0.238. The van der Waals surface area contributed by atoms with E-state index in [1.807, 2.05) is 25.5 Å². The van der Waals surface area contributed by atoms with Crippen LogP contribution in [0.5, 0.6) is 0 Å². The molecular weight excluding hydrogens is 385 g/mol. The molecule has 2 aromatic rings. The molecule has 20 heavy (non-hydrogen) atoms. The smallest absolute Gasteiger partial charge is 0.110 e. The number of benzene rings is 1. The van der Waals surface area contributed by atoms with Crippen molar-refractivity contribution >= 4 is 34.2 Å². The zero-order valence-corrected chi connectivity index (χ0v) is 14.6. The number of aryl methyl sites for hydroxylation is 1. The van der Waals surface area contributed by atoms with E-state index >= 15 is 0 Å². The summed E-state index contributed by atoms with van der Waals surface area (Å²) in [6.45, 7) is 3.16. The molecule has 2 rings (SSSR count). The molecule has 1 aromatic heterocycles. The summed E-state index contributed by atoms with van der Waals surface area (Å²) in [5.41, 5.74) is 1.24. The van der Waals surface area contributed by atoms with Crippen LogP contribution in [-0.2, 0) is 13.5 Å². The maximum Gasteiger partial charge on any atom is 0.110 e. The van der Waals surface area contributed by atoms with Gasteiger partial charge in [-0.3, -0.25) is 0 Å². The van der Waals surface area contributed by atoms with E-state index in [1.165, 1.54) is 9.13 Å². The molecule has 3 nitrogen and oxygen atoms in total. The van der Waals surface area contributed by atoms with E-state index in [-0.39, 0.29) is 6.04 Å². The number of aromatic nitrogens is 2. The summed E-state index contributed by atoms with van der Waals surface area (Å²) in [7, 11) is 2.03. The second-order valence-electron chi connectivity index (χ2n) is 4.83. The Bertz CT molecular complexity index is 568. The Hall–Kier alpha value is -0.590. The standard InChI is InChI=1S/C15H19ClIN3/c1-3-6-18-14(10-15-19-7-8-20(15)2)12-9-11(16)4-5-13(12)17/h4-5,7-9,14,18H,3,6,10H2,1-2H3. The maximum atomic E-state index is 6.16. The summed E-state index contributed by atoms with van der Waals surface area (Å²) < 4.78 is 3.30. The van der Waals surface area contributed by atoms with Gasteiger partial charge >= 0.3 is 0 Å². The first kappa shape index (κ1) is 15.8. The molecule has 0 fully saturated rings. The Morgan fingerprint density at radius 3 is 2.90 bits per heavy atom. The Labute approximate surface area is 138 Å². The molecule has 108 valence electrons. The second kappa shape index (κ2) is 7.43. The lowest BCUT2D eigenvalue weighted by Crippen LogP contribution is -2.26. The first-order valence-corrected chi connectivity index (χ1v) is 8.22. The van der Waals surface area contributed by atoms with Gasteiger partial charge in [0.05, 0.1) is 0 Å². The number of rotatable bonds is 6. The molecule has 1 heterocycles. The maximum absolute atomic E-state index is 6.16. The fraction of sp³-hybridized carbons (Fsp3) is 0.400. The summed E-state index contributed by atoms with van der Waals surface area (Å²) in [4.78, 5) is 4.43. The van der Waals surface area contributed by atoms with Crippen LogP contribution in [0.4, 0.5) is 0 Å². The van der Waals surface area contributed by atoms with Crippen molar-refractivity contribution in [1.29, 1.82) is 0 Å². The minimum absolute atomic E-state index is 0.238. The molecule has 0 bridgehead atoms. The SMILES string of the molecule is CCCNC(Cc1nccn1C)c1cc(Cl)ccc1I. The highest BCUT2D eigenvalue weighted by Crippen LogP contribution is 2.26. The van der Waals surface area contributed by atoms with E-state index < -0.39 is 0 Å². The highest BCUT2D eigenvalue weighted by molar-refractivity contribution is 14.1. The van der Waals surface area contributed by atoms with Gasteiger partial charge < -0.3 is 9.88 Å². The molecule has 0 aliphatic heterocycles.